The van der Waals surface area contributed by atoms with Gasteiger partial charge in [0.2, 0.25) is 0 Å². The van der Waals surface area contributed by atoms with Crippen LogP contribution in [0.4, 0.5) is 14.6 Å². The number of hydrogen-bond acceptors (Lipinski definition) is 4. The van der Waals surface area contributed by atoms with Gasteiger partial charge in [0.05, 0.1) is 17.4 Å². The fraction of sp³-hybridized carbons (Fsp3) is 0.375. The molecule has 8 heteroatoms. The number of aromatic nitrogens is 4. The Bertz CT molecular complexity index is 1240. The van der Waals surface area contributed by atoms with Crippen LogP contribution in [0.2, 0.25) is 5.15 Å². The Kier molecular flexibility index (Phi) is 5.91. The van der Waals surface area contributed by atoms with Crippen LogP contribution in [0.5, 0.6) is 0 Å². The third kappa shape index (κ3) is 4.39. The largest absolute Gasteiger partial charge is 0.364 e. The summed E-state index contributed by atoms with van der Waals surface area (Å²) in [5.41, 5.74) is 2.97. The van der Waals surface area contributed by atoms with Crippen LogP contribution in [0.3, 0.4) is 0 Å². The van der Waals surface area contributed by atoms with E-state index >= 15 is 0 Å². The summed E-state index contributed by atoms with van der Waals surface area (Å²) in [6.45, 7) is -0.393. The zero-order valence-corrected chi connectivity index (χ0v) is 18.3. The van der Waals surface area contributed by atoms with Crippen LogP contribution in [-0.2, 0) is 6.42 Å². The normalized spacial score (nSPS) is 18.8. The maximum Gasteiger partial charge on any atom is 0.255 e. The number of nitrogens with zero attached hydrogens (tertiary/aromatic N) is 4. The molecule has 1 fully saturated rings. The average molecular weight is 456 g/mol. The molecule has 1 aliphatic rings. The van der Waals surface area contributed by atoms with E-state index in [1.54, 1.807) is 6.07 Å². The fourth-order valence-electron chi connectivity index (χ4n) is 4.77. The molecule has 0 radical (unpaired) electrons. The van der Waals surface area contributed by atoms with Gasteiger partial charge < -0.3 is 9.88 Å². The van der Waals surface area contributed by atoms with Crippen LogP contribution < -0.4 is 5.32 Å². The number of nitrogens with one attached hydrogen (secondary N) is 1. The number of pyridine rings is 1. The van der Waals surface area contributed by atoms with Crippen LogP contribution in [0, 0.1) is 5.92 Å². The number of alkyl halides is 2. The number of rotatable bonds is 7. The molecule has 3 heterocycles. The summed E-state index contributed by atoms with van der Waals surface area (Å²) in [6.07, 6.45) is 6.74. The second kappa shape index (κ2) is 8.98. The molecule has 0 spiro atoms. The molecule has 1 aliphatic carbocycles. The van der Waals surface area contributed by atoms with Crippen molar-refractivity contribution in [2.45, 2.75) is 44.6 Å². The first kappa shape index (κ1) is 21.1. The molecule has 0 amide bonds. The van der Waals surface area contributed by atoms with Crippen molar-refractivity contribution < 1.29 is 8.78 Å². The van der Waals surface area contributed by atoms with E-state index in [2.05, 4.69) is 49.2 Å². The van der Waals surface area contributed by atoms with Gasteiger partial charge in [-0.1, -0.05) is 23.7 Å². The highest BCUT2D eigenvalue weighted by atomic mass is 35.5. The number of hydrogen-bond donors (Lipinski definition) is 1. The van der Waals surface area contributed by atoms with Gasteiger partial charge in [0.25, 0.3) is 6.43 Å². The predicted octanol–water partition coefficient (Wildman–Crippen LogP) is 6.28. The van der Waals surface area contributed by atoms with E-state index in [9.17, 15) is 8.78 Å². The van der Waals surface area contributed by atoms with Gasteiger partial charge in [-0.3, -0.25) is 0 Å². The molecule has 0 bridgehead atoms. The molecule has 3 aromatic heterocycles. The van der Waals surface area contributed by atoms with Crippen LogP contribution >= 0.6 is 11.6 Å². The van der Waals surface area contributed by atoms with Crippen molar-refractivity contribution in [3.63, 3.8) is 0 Å². The maximum absolute atomic E-state index is 12.5. The van der Waals surface area contributed by atoms with E-state index in [1.165, 1.54) is 18.3 Å². The highest BCUT2D eigenvalue weighted by Gasteiger charge is 2.27. The number of benzene rings is 1. The van der Waals surface area contributed by atoms with Crippen molar-refractivity contribution in [1.29, 1.82) is 0 Å². The lowest BCUT2D eigenvalue weighted by atomic mass is 9.97. The summed E-state index contributed by atoms with van der Waals surface area (Å²) < 4.78 is 27.2. The Morgan fingerprint density at radius 3 is 2.88 bits per heavy atom. The smallest absolute Gasteiger partial charge is 0.255 e. The summed E-state index contributed by atoms with van der Waals surface area (Å²) in [6, 6.07) is 12.4. The fourth-order valence-corrected chi connectivity index (χ4v) is 4.96. The topological polar surface area (TPSA) is 55.6 Å². The molecule has 2 unspecified atom stereocenters. The van der Waals surface area contributed by atoms with Crippen molar-refractivity contribution in [3.8, 4) is 0 Å². The lowest BCUT2D eigenvalue weighted by Crippen LogP contribution is -2.11. The summed E-state index contributed by atoms with van der Waals surface area (Å²) in [4.78, 5) is 13.0. The van der Waals surface area contributed by atoms with Gasteiger partial charge in [0, 0.05) is 17.6 Å². The molecule has 4 aromatic rings. The minimum absolute atomic E-state index is 0.393. The summed E-state index contributed by atoms with van der Waals surface area (Å²) in [5.74, 6) is 1.13. The first-order chi connectivity index (χ1) is 15.6. The van der Waals surface area contributed by atoms with Crippen molar-refractivity contribution in [1.82, 2.24) is 19.5 Å². The second-order valence-electron chi connectivity index (χ2n) is 8.49. The van der Waals surface area contributed by atoms with E-state index < -0.39 is 13.0 Å². The van der Waals surface area contributed by atoms with Crippen LogP contribution in [0.1, 0.15) is 37.3 Å². The number of aryl methyl sites for hydroxylation is 1. The van der Waals surface area contributed by atoms with Gasteiger partial charge in [-0.2, -0.15) is 0 Å². The highest BCUT2D eigenvalue weighted by molar-refractivity contribution is 6.33. The van der Waals surface area contributed by atoms with Gasteiger partial charge in [-0.25, -0.2) is 23.7 Å². The van der Waals surface area contributed by atoms with Crippen molar-refractivity contribution in [3.05, 3.63) is 59.6 Å². The van der Waals surface area contributed by atoms with Gasteiger partial charge >= 0.3 is 0 Å². The minimum atomic E-state index is -2.40. The lowest BCUT2D eigenvalue weighted by Gasteiger charge is -2.14. The summed E-state index contributed by atoms with van der Waals surface area (Å²) >= 11 is 6.20. The van der Waals surface area contributed by atoms with E-state index in [4.69, 9.17) is 11.6 Å². The Labute approximate surface area is 189 Å². The van der Waals surface area contributed by atoms with E-state index in [1.807, 2.05) is 12.1 Å². The molecule has 0 aliphatic heterocycles. The molecule has 5 rings (SSSR count). The number of fused-ring (bicyclic) bond motifs is 2. The molecule has 1 N–H and O–H groups in total. The average Bonchev–Trinajstić information content (AvgIpc) is 3.43. The number of anilines is 1. The Balaban J connectivity index is 1.23. The van der Waals surface area contributed by atoms with Gasteiger partial charge in [0.1, 0.15) is 22.9 Å². The van der Waals surface area contributed by atoms with Crippen molar-refractivity contribution >= 4 is 39.4 Å². The molecule has 1 saturated carbocycles. The molecule has 1 aromatic carbocycles. The number of halogens is 3. The third-order valence-electron chi connectivity index (χ3n) is 6.40. The molecule has 2 atom stereocenters. The molecular formula is C24H24ClF2N5. The van der Waals surface area contributed by atoms with E-state index in [0.717, 1.165) is 47.6 Å². The monoisotopic (exact) mass is 455 g/mol. The van der Waals surface area contributed by atoms with Crippen LogP contribution in [0.15, 0.2) is 48.9 Å². The summed E-state index contributed by atoms with van der Waals surface area (Å²) in [7, 11) is 0. The van der Waals surface area contributed by atoms with Crippen molar-refractivity contribution in [2.75, 3.05) is 11.9 Å². The van der Waals surface area contributed by atoms with Crippen molar-refractivity contribution in [2.24, 2.45) is 5.92 Å². The zero-order valence-electron chi connectivity index (χ0n) is 17.5. The van der Waals surface area contributed by atoms with E-state index in [0.29, 0.717) is 22.9 Å². The van der Waals surface area contributed by atoms with Gasteiger partial charge in [-0.05, 0) is 67.9 Å². The predicted molar refractivity (Wildman–Crippen MR) is 123 cm³/mol. The Hall–Kier alpha value is -2.80. The quantitative estimate of drug-likeness (QED) is 0.333. The van der Waals surface area contributed by atoms with Gasteiger partial charge in [0.15, 0.2) is 0 Å². The highest BCUT2D eigenvalue weighted by Crippen LogP contribution is 2.39. The Morgan fingerprint density at radius 2 is 2.00 bits per heavy atom. The maximum atomic E-state index is 12.5. The first-order valence-electron chi connectivity index (χ1n) is 11.0. The van der Waals surface area contributed by atoms with Crippen LogP contribution in [-0.4, -0.2) is 32.5 Å². The minimum Gasteiger partial charge on any atom is -0.364 e. The molecule has 5 nitrogen and oxygen atoms in total. The lowest BCUT2D eigenvalue weighted by molar-refractivity contribution is 0.163. The molecule has 32 heavy (non-hydrogen) atoms. The standard InChI is InChI=1S/C24H24ClF2N5/c25-23-19-9-10-32(24(19)30-14-29-23)18-7-4-15(11-18)1-2-16-3-5-17-6-8-22(28-13-21(26)27)31-20(17)12-16/h3,5-6,8-10,12,14-15,18,21H,1-2,4,7,11,13H2,(H,28,31). The zero-order chi connectivity index (χ0) is 22.1. The molecule has 166 valence electrons. The Morgan fingerprint density at radius 1 is 1.12 bits per heavy atom. The summed E-state index contributed by atoms with van der Waals surface area (Å²) in [5, 5.41) is 5.10. The third-order valence-corrected chi connectivity index (χ3v) is 6.70. The van der Waals surface area contributed by atoms with Gasteiger partial charge in [-0.15, -0.1) is 0 Å². The van der Waals surface area contributed by atoms with Crippen LogP contribution in [0.25, 0.3) is 21.9 Å². The first-order valence-corrected chi connectivity index (χ1v) is 11.3. The second-order valence-corrected chi connectivity index (χ2v) is 8.85. The molecule has 0 saturated heterocycles. The van der Waals surface area contributed by atoms with E-state index in [-0.39, 0.29) is 0 Å². The molecular weight excluding hydrogens is 432 g/mol. The SMILES string of the molecule is FC(F)CNc1ccc2ccc(CCC3CCC(n4ccc5c(Cl)ncnc54)C3)cc2n1.